The molecule has 0 radical (unpaired) electrons. The SMILES string of the molecule is Cc1cc(C(=O)NCCNC(=O)C(F)(F)F)no1. The van der Waals surface area contributed by atoms with Gasteiger partial charge >= 0.3 is 12.1 Å². The summed E-state index contributed by atoms with van der Waals surface area (Å²) in [4.78, 5) is 21.7. The van der Waals surface area contributed by atoms with E-state index in [1.807, 2.05) is 0 Å². The molecule has 0 fully saturated rings. The molecule has 0 aliphatic rings. The molecule has 0 aliphatic carbocycles. The molecule has 0 spiro atoms. The lowest BCUT2D eigenvalue weighted by Crippen LogP contribution is -2.41. The van der Waals surface area contributed by atoms with Gasteiger partial charge in [0.1, 0.15) is 5.76 Å². The van der Waals surface area contributed by atoms with Crippen molar-refractivity contribution in [3.63, 3.8) is 0 Å². The standard InChI is InChI=1S/C9H10F3N3O3/c1-5-4-6(15-18-5)7(16)13-2-3-14-8(17)9(10,11)12/h4H,2-3H2,1H3,(H,13,16)(H,14,17). The number of halogens is 3. The molecule has 100 valence electrons. The second-order valence-electron chi connectivity index (χ2n) is 3.33. The summed E-state index contributed by atoms with van der Waals surface area (Å²) in [6.45, 7) is 1.11. The van der Waals surface area contributed by atoms with E-state index < -0.39 is 18.0 Å². The predicted octanol–water partition coefficient (Wildman–Crippen LogP) is 0.391. The minimum atomic E-state index is -4.92. The molecular weight excluding hydrogens is 255 g/mol. The number of rotatable bonds is 4. The van der Waals surface area contributed by atoms with Crippen LogP contribution in [0, 0.1) is 6.92 Å². The molecule has 0 aromatic carbocycles. The Kier molecular flexibility index (Phi) is 4.29. The lowest BCUT2D eigenvalue weighted by molar-refractivity contribution is -0.173. The van der Waals surface area contributed by atoms with Gasteiger partial charge in [0.15, 0.2) is 5.69 Å². The molecule has 18 heavy (non-hydrogen) atoms. The summed E-state index contributed by atoms with van der Waals surface area (Å²) in [5, 5.41) is 7.30. The smallest absolute Gasteiger partial charge is 0.361 e. The number of amides is 2. The topological polar surface area (TPSA) is 84.2 Å². The average Bonchev–Trinajstić information content (AvgIpc) is 2.69. The molecule has 0 saturated heterocycles. The van der Waals surface area contributed by atoms with Gasteiger partial charge in [-0.3, -0.25) is 9.59 Å². The van der Waals surface area contributed by atoms with E-state index in [1.165, 1.54) is 6.07 Å². The first kappa shape index (κ1) is 14.0. The van der Waals surface area contributed by atoms with Crippen LogP contribution in [0.1, 0.15) is 16.2 Å². The molecule has 2 N–H and O–H groups in total. The van der Waals surface area contributed by atoms with Crippen LogP contribution in [0.5, 0.6) is 0 Å². The highest BCUT2D eigenvalue weighted by molar-refractivity contribution is 5.92. The fourth-order valence-corrected chi connectivity index (χ4v) is 1.02. The number of nitrogens with zero attached hydrogens (tertiary/aromatic N) is 1. The zero-order valence-electron chi connectivity index (χ0n) is 9.30. The van der Waals surface area contributed by atoms with Crippen LogP contribution in [0.4, 0.5) is 13.2 Å². The molecule has 1 rings (SSSR count). The quantitative estimate of drug-likeness (QED) is 0.771. The lowest BCUT2D eigenvalue weighted by atomic mass is 10.3. The molecule has 1 heterocycles. The van der Waals surface area contributed by atoms with Crippen LogP contribution >= 0.6 is 0 Å². The summed E-state index contributed by atoms with van der Waals surface area (Å²) in [6, 6.07) is 1.38. The minimum absolute atomic E-state index is 0.0228. The van der Waals surface area contributed by atoms with Crippen molar-refractivity contribution in [3.8, 4) is 0 Å². The molecular formula is C9H10F3N3O3. The van der Waals surface area contributed by atoms with E-state index in [1.54, 1.807) is 12.2 Å². The van der Waals surface area contributed by atoms with Crippen LogP contribution in [0.25, 0.3) is 0 Å². The summed E-state index contributed by atoms with van der Waals surface area (Å²) in [7, 11) is 0. The molecule has 0 unspecified atom stereocenters. The Hall–Kier alpha value is -2.06. The number of hydrogen-bond acceptors (Lipinski definition) is 4. The average molecular weight is 265 g/mol. The molecule has 2 amide bonds. The van der Waals surface area contributed by atoms with Gasteiger partial charge in [-0.05, 0) is 6.92 Å². The first-order valence-electron chi connectivity index (χ1n) is 4.87. The van der Waals surface area contributed by atoms with Gasteiger partial charge < -0.3 is 15.2 Å². The number of carbonyl (C=O) groups excluding carboxylic acids is 2. The van der Waals surface area contributed by atoms with E-state index in [-0.39, 0.29) is 18.8 Å². The number of nitrogens with one attached hydrogen (secondary N) is 2. The van der Waals surface area contributed by atoms with E-state index in [2.05, 4.69) is 15.0 Å². The zero-order valence-corrected chi connectivity index (χ0v) is 9.30. The van der Waals surface area contributed by atoms with Crippen molar-refractivity contribution in [1.29, 1.82) is 0 Å². The van der Waals surface area contributed by atoms with Crippen molar-refractivity contribution in [3.05, 3.63) is 17.5 Å². The fraction of sp³-hybridized carbons (Fsp3) is 0.444. The predicted molar refractivity (Wildman–Crippen MR) is 52.6 cm³/mol. The zero-order chi connectivity index (χ0) is 13.8. The summed E-state index contributed by atoms with van der Waals surface area (Å²) in [5.74, 6) is -2.20. The van der Waals surface area contributed by atoms with Crippen molar-refractivity contribution in [1.82, 2.24) is 15.8 Å². The summed E-state index contributed by atoms with van der Waals surface area (Å²) in [5.41, 5.74) is 0.0228. The summed E-state index contributed by atoms with van der Waals surface area (Å²) in [6.07, 6.45) is -4.92. The summed E-state index contributed by atoms with van der Waals surface area (Å²) >= 11 is 0. The Morgan fingerprint density at radius 3 is 2.44 bits per heavy atom. The summed E-state index contributed by atoms with van der Waals surface area (Å²) < 4.78 is 40.0. The highest BCUT2D eigenvalue weighted by atomic mass is 19.4. The first-order valence-corrected chi connectivity index (χ1v) is 4.87. The van der Waals surface area contributed by atoms with Crippen molar-refractivity contribution >= 4 is 11.8 Å². The highest BCUT2D eigenvalue weighted by Gasteiger charge is 2.38. The van der Waals surface area contributed by atoms with Crippen LogP contribution in [0.2, 0.25) is 0 Å². The Morgan fingerprint density at radius 2 is 1.94 bits per heavy atom. The second-order valence-corrected chi connectivity index (χ2v) is 3.33. The first-order chi connectivity index (χ1) is 8.30. The van der Waals surface area contributed by atoms with Gasteiger partial charge in [0, 0.05) is 19.2 Å². The maximum Gasteiger partial charge on any atom is 0.471 e. The fourth-order valence-electron chi connectivity index (χ4n) is 1.02. The highest BCUT2D eigenvalue weighted by Crippen LogP contribution is 2.13. The monoisotopic (exact) mass is 265 g/mol. The Labute approximate surface area is 99.5 Å². The van der Waals surface area contributed by atoms with Gasteiger partial charge in [-0.25, -0.2) is 0 Å². The van der Waals surface area contributed by atoms with E-state index in [0.29, 0.717) is 5.76 Å². The molecule has 6 nitrogen and oxygen atoms in total. The van der Waals surface area contributed by atoms with Gasteiger partial charge in [0.25, 0.3) is 5.91 Å². The third-order valence-corrected chi connectivity index (χ3v) is 1.81. The van der Waals surface area contributed by atoms with E-state index in [4.69, 9.17) is 0 Å². The Bertz CT molecular complexity index is 442. The van der Waals surface area contributed by atoms with Gasteiger partial charge in [-0.2, -0.15) is 13.2 Å². The van der Waals surface area contributed by atoms with Crippen LogP contribution in [0.3, 0.4) is 0 Å². The molecule has 0 saturated carbocycles. The van der Waals surface area contributed by atoms with E-state index >= 15 is 0 Å². The van der Waals surface area contributed by atoms with Crippen molar-refractivity contribution in [2.45, 2.75) is 13.1 Å². The van der Waals surface area contributed by atoms with Crippen LogP contribution in [-0.2, 0) is 4.79 Å². The normalized spacial score (nSPS) is 11.1. The molecule has 1 aromatic rings. The number of alkyl halides is 3. The van der Waals surface area contributed by atoms with Crippen molar-refractivity contribution in [2.75, 3.05) is 13.1 Å². The maximum absolute atomic E-state index is 11.8. The number of hydrogen-bond donors (Lipinski definition) is 2. The van der Waals surface area contributed by atoms with Crippen LogP contribution in [0.15, 0.2) is 10.6 Å². The van der Waals surface area contributed by atoms with Gasteiger partial charge in [0.2, 0.25) is 0 Å². The third-order valence-electron chi connectivity index (χ3n) is 1.81. The maximum atomic E-state index is 11.8. The van der Waals surface area contributed by atoms with E-state index in [0.717, 1.165) is 0 Å². The van der Waals surface area contributed by atoms with E-state index in [9.17, 15) is 22.8 Å². The molecule has 9 heteroatoms. The molecule has 1 aromatic heterocycles. The number of carbonyl (C=O) groups is 2. The third kappa shape index (κ3) is 4.07. The van der Waals surface area contributed by atoms with Crippen LogP contribution < -0.4 is 10.6 Å². The van der Waals surface area contributed by atoms with Crippen LogP contribution in [-0.4, -0.2) is 36.2 Å². The van der Waals surface area contributed by atoms with Gasteiger partial charge in [-0.15, -0.1) is 0 Å². The molecule has 0 aliphatic heterocycles. The van der Waals surface area contributed by atoms with Gasteiger partial charge in [0.05, 0.1) is 0 Å². The second kappa shape index (κ2) is 5.52. The van der Waals surface area contributed by atoms with Crippen molar-refractivity contribution < 1.29 is 27.3 Å². The minimum Gasteiger partial charge on any atom is -0.361 e. The molecule has 0 bridgehead atoms. The number of aryl methyl sites for hydroxylation is 1. The Balaban J connectivity index is 2.27. The van der Waals surface area contributed by atoms with Gasteiger partial charge in [-0.1, -0.05) is 5.16 Å². The van der Waals surface area contributed by atoms with Crippen molar-refractivity contribution in [2.24, 2.45) is 0 Å². The lowest BCUT2D eigenvalue weighted by Gasteiger charge is -2.07. The molecule has 0 atom stereocenters. The number of aromatic nitrogens is 1. The Morgan fingerprint density at radius 1 is 1.33 bits per heavy atom. The largest absolute Gasteiger partial charge is 0.471 e.